The van der Waals surface area contributed by atoms with Crippen LogP contribution < -0.4 is 19.5 Å². The normalized spacial score (nSPS) is 12.0. The molecule has 0 bridgehead atoms. The molecule has 0 heterocycles. The predicted molar refractivity (Wildman–Crippen MR) is 79.1 cm³/mol. The Morgan fingerprint density at radius 2 is 1.76 bits per heavy atom. The molecule has 1 atom stereocenters. The summed E-state index contributed by atoms with van der Waals surface area (Å²) < 4.78 is 39.1. The molecule has 0 aromatic heterocycles. The zero-order valence-electron chi connectivity index (χ0n) is 12.4. The van der Waals surface area contributed by atoms with Crippen LogP contribution in [0.4, 0.5) is 0 Å². The fourth-order valence-corrected chi connectivity index (χ4v) is 2.06. The first kappa shape index (κ1) is 17.7. The number of hydrogen-bond acceptors (Lipinski definition) is 6. The van der Waals surface area contributed by atoms with Gasteiger partial charge in [0.05, 0.1) is 27.9 Å². The Balaban J connectivity index is 2.53. The lowest BCUT2D eigenvalue weighted by atomic mass is 10.1. The molecule has 8 heteroatoms. The molecule has 0 aliphatic rings. The molecule has 1 unspecified atom stereocenters. The maximum Gasteiger partial charge on any atom is 0.301 e. The van der Waals surface area contributed by atoms with Crippen LogP contribution >= 0.6 is 0 Å². The van der Waals surface area contributed by atoms with Crippen molar-refractivity contribution < 1.29 is 27.2 Å². The van der Waals surface area contributed by atoms with Gasteiger partial charge in [0.25, 0.3) is 0 Å². The Morgan fingerprint density at radius 1 is 1.14 bits per heavy atom. The molecule has 2 N–H and O–H groups in total. The van der Waals surface area contributed by atoms with E-state index in [9.17, 15) is 4.21 Å². The van der Waals surface area contributed by atoms with E-state index >= 15 is 0 Å². The summed E-state index contributed by atoms with van der Waals surface area (Å²) in [7, 11) is 4.70. The number of methoxy groups -OCH3 is 3. The van der Waals surface area contributed by atoms with E-state index in [1.807, 2.05) is 12.1 Å². The number of hydrogen-bond donors (Lipinski definition) is 2. The Labute approximate surface area is 127 Å². The number of benzene rings is 1. The topological polar surface area (TPSA) is 86.3 Å². The minimum absolute atomic E-state index is 0.228. The highest BCUT2D eigenvalue weighted by atomic mass is 32.2. The van der Waals surface area contributed by atoms with Gasteiger partial charge in [0.15, 0.2) is 11.5 Å². The van der Waals surface area contributed by atoms with Crippen LogP contribution in [-0.4, -0.2) is 43.2 Å². The van der Waals surface area contributed by atoms with E-state index in [1.165, 1.54) is 0 Å². The van der Waals surface area contributed by atoms with Crippen molar-refractivity contribution in [2.45, 2.75) is 13.0 Å². The largest absolute Gasteiger partial charge is 0.493 e. The maximum atomic E-state index is 10.3. The summed E-state index contributed by atoms with van der Waals surface area (Å²) in [5.41, 5.74) is 0.983. The van der Waals surface area contributed by atoms with Crippen molar-refractivity contribution in [3.63, 3.8) is 0 Å². The summed E-state index contributed by atoms with van der Waals surface area (Å²) in [6.07, 6.45) is 0.636. The maximum absolute atomic E-state index is 10.3. The second kappa shape index (κ2) is 9.56. The molecule has 0 spiro atoms. The van der Waals surface area contributed by atoms with Gasteiger partial charge in [-0.2, -0.15) is 4.21 Å². The van der Waals surface area contributed by atoms with Gasteiger partial charge < -0.3 is 19.5 Å². The molecular formula is C13H21NO6S. The van der Waals surface area contributed by atoms with Gasteiger partial charge in [-0.25, -0.2) is 0 Å². The lowest BCUT2D eigenvalue weighted by molar-refractivity contribution is 0.299. The Bertz CT molecular complexity index is 443. The number of nitrogens with one attached hydrogen (secondary N) is 1. The molecule has 0 amide bonds. The zero-order chi connectivity index (χ0) is 15.7. The van der Waals surface area contributed by atoms with Crippen molar-refractivity contribution in [3.05, 3.63) is 17.7 Å². The molecule has 1 aromatic carbocycles. The Morgan fingerprint density at radius 3 is 2.24 bits per heavy atom. The van der Waals surface area contributed by atoms with Crippen LogP contribution in [0.25, 0.3) is 0 Å². The lowest BCUT2D eigenvalue weighted by Gasteiger charge is -2.14. The van der Waals surface area contributed by atoms with Gasteiger partial charge in [0.2, 0.25) is 5.75 Å². The van der Waals surface area contributed by atoms with Crippen LogP contribution in [0.3, 0.4) is 0 Å². The van der Waals surface area contributed by atoms with E-state index in [1.54, 1.807) is 21.3 Å². The van der Waals surface area contributed by atoms with Gasteiger partial charge in [-0.15, -0.1) is 0 Å². The van der Waals surface area contributed by atoms with E-state index in [4.69, 9.17) is 18.8 Å². The van der Waals surface area contributed by atoms with Crippen molar-refractivity contribution >= 4 is 11.4 Å². The van der Waals surface area contributed by atoms with Crippen LogP contribution in [-0.2, 0) is 22.1 Å². The minimum atomic E-state index is -2.19. The predicted octanol–water partition coefficient (Wildman–Crippen LogP) is 1.35. The smallest absolute Gasteiger partial charge is 0.301 e. The first-order valence-electron chi connectivity index (χ1n) is 6.36. The second-order valence-corrected chi connectivity index (χ2v) is 4.77. The number of ether oxygens (including phenoxy) is 3. The molecule has 0 radical (unpaired) electrons. The summed E-state index contributed by atoms with van der Waals surface area (Å²) in [5.74, 6) is 1.77. The zero-order valence-corrected chi connectivity index (χ0v) is 13.2. The molecule has 0 aliphatic carbocycles. The fraction of sp³-hybridized carbons (Fsp3) is 0.538. The van der Waals surface area contributed by atoms with Crippen molar-refractivity contribution in [1.82, 2.24) is 5.32 Å². The van der Waals surface area contributed by atoms with Gasteiger partial charge in [0.1, 0.15) is 0 Å². The lowest BCUT2D eigenvalue weighted by Crippen LogP contribution is -2.16. The van der Waals surface area contributed by atoms with Crippen LogP contribution in [0.2, 0.25) is 0 Å². The van der Waals surface area contributed by atoms with Crippen molar-refractivity contribution in [1.29, 1.82) is 0 Å². The third kappa shape index (κ3) is 5.88. The third-order valence-electron chi connectivity index (χ3n) is 2.74. The summed E-state index contributed by atoms with van der Waals surface area (Å²) in [4.78, 5) is 0. The van der Waals surface area contributed by atoms with Gasteiger partial charge in [-0.3, -0.25) is 8.74 Å². The Kier molecular flexibility index (Phi) is 8.06. The summed E-state index contributed by atoms with van der Waals surface area (Å²) in [5, 5.41) is 3.20. The standard InChI is InChI=1S/C13H21NO6S/c1-17-11-7-10(8-12(18-2)13(11)19-3)9-14-5-4-6-20-21(15)16/h7-8,14H,4-6,9H2,1-3H3,(H,15,16). The van der Waals surface area contributed by atoms with E-state index in [-0.39, 0.29) is 6.61 Å². The molecule has 120 valence electrons. The van der Waals surface area contributed by atoms with Crippen LogP contribution in [0.1, 0.15) is 12.0 Å². The van der Waals surface area contributed by atoms with E-state index in [0.29, 0.717) is 36.8 Å². The highest BCUT2D eigenvalue weighted by Crippen LogP contribution is 2.38. The Hall–Kier alpha value is -1.35. The van der Waals surface area contributed by atoms with Crippen LogP contribution in [0.15, 0.2) is 12.1 Å². The quantitative estimate of drug-likeness (QED) is 0.497. The minimum Gasteiger partial charge on any atom is -0.493 e. The highest BCUT2D eigenvalue weighted by Gasteiger charge is 2.12. The van der Waals surface area contributed by atoms with Crippen molar-refractivity contribution in [2.75, 3.05) is 34.5 Å². The molecule has 1 aromatic rings. The van der Waals surface area contributed by atoms with Gasteiger partial charge >= 0.3 is 11.4 Å². The van der Waals surface area contributed by atoms with Crippen LogP contribution in [0, 0.1) is 0 Å². The van der Waals surface area contributed by atoms with Crippen molar-refractivity contribution in [2.24, 2.45) is 0 Å². The average molecular weight is 319 g/mol. The average Bonchev–Trinajstić information content (AvgIpc) is 2.49. The molecule has 0 saturated carbocycles. The monoisotopic (exact) mass is 319 g/mol. The van der Waals surface area contributed by atoms with E-state index < -0.39 is 11.4 Å². The molecular weight excluding hydrogens is 298 g/mol. The highest BCUT2D eigenvalue weighted by molar-refractivity contribution is 7.74. The number of rotatable bonds is 10. The van der Waals surface area contributed by atoms with E-state index in [0.717, 1.165) is 5.56 Å². The first-order chi connectivity index (χ1) is 10.1. The van der Waals surface area contributed by atoms with Gasteiger partial charge in [-0.05, 0) is 30.7 Å². The molecule has 0 saturated heterocycles. The first-order valence-corrected chi connectivity index (χ1v) is 7.39. The molecule has 7 nitrogen and oxygen atoms in total. The second-order valence-electron chi connectivity index (χ2n) is 4.10. The van der Waals surface area contributed by atoms with Gasteiger partial charge in [-0.1, -0.05) is 0 Å². The SMILES string of the molecule is COc1cc(CNCCCOS(=O)O)cc(OC)c1OC. The van der Waals surface area contributed by atoms with Gasteiger partial charge in [0, 0.05) is 6.54 Å². The molecule has 1 rings (SSSR count). The third-order valence-corrected chi connectivity index (χ3v) is 3.10. The summed E-state index contributed by atoms with van der Waals surface area (Å²) in [6.45, 7) is 1.50. The fourth-order valence-electron chi connectivity index (χ4n) is 1.80. The summed E-state index contributed by atoms with van der Waals surface area (Å²) in [6, 6.07) is 3.74. The summed E-state index contributed by atoms with van der Waals surface area (Å²) >= 11 is -2.19. The van der Waals surface area contributed by atoms with E-state index in [2.05, 4.69) is 9.50 Å². The molecule has 0 aliphatic heterocycles. The van der Waals surface area contributed by atoms with Crippen LogP contribution in [0.5, 0.6) is 17.2 Å². The molecule has 21 heavy (non-hydrogen) atoms. The van der Waals surface area contributed by atoms with Crippen molar-refractivity contribution in [3.8, 4) is 17.2 Å². The molecule has 0 fully saturated rings.